The maximum Gasteiger partial charge on any atom is 0.254 e. The number of aromatic nitrogens is 1. The minimum Gasteiger partial charge on any atom is -0.355 e. The first kappa shape index (κ1) is 23.6. The van der Waals surface area contributed by atoms with E-state index in [4.69, 9.17) is 0 Å². The number of nitrogens with one attached hydrogen (secondary N) is 1. The number of fused-ring (bicyclic) bond motifs is 1. The van der Waals surface area contributed by atoms with Gasteiger partial charge >= 0.3 is 0 Å². The molecule has 2 fully saturated rings. The molecule has 2 aromatic rings. The average Bonchev–Trinajstić information content (AvgIpc) is 3.42. The van der Waals surface area contributed by atoms with Crippen LogP contribution >= 0.6 is 0 Å². The SMILES string of the molecule is CCN1CCN(C(=O)c2cccc(Nc3cc4c(cn3)N(C)C(=O)C(C)N4C3CCCC3)c2)CC1. The number of nitrogens with zero attached hydrogens (tertiary/aromatic N) is 5. The normalized spacial score (nSPS) is 21.4. The van der Waals surface area contributed by atoms with Crippen LogP contribution in [-0.4, -0.2) is 78.5 Å². The summed E-state index contributed by atoms with van der Waals surface area (Å²) in [6.45, 7) is 8.55. The quantitative estimate of drug-likeness (QED) is 0.709. The average molecular weight is 477 g/mol. The largest absolute Gasteiger partial charge is 0.355 e. The first-order valence-corrected chi connectivity index (χ1v) is 12.9. The number of hydrogen-bond acceptors (Lipinski definition) is 6. The van der Waals surface area contributed by atoms with Crippen molar-refractivity contribution in [2.45, 2.75) is 51.6 Å². The van der Waals surface area contributed by atoms with Gasteiger partial charge in [-0.3, -0.25) is 9.59 Å². The molecule has 0 radical (unpaired) electrons. The molecule has 3 heterocycles. The maximum atomic E-state index is 13.1. The van der Waals surface area contributed by atoms with Crippen LogP contribution in [0.15, 0.2) is 36.5 Å². The number of amides is 2. The van der Waals surface area contributed by atoms with Crippen LogP contribution in [0.3, 0.4) is 0 Å². The Bertz CT molecular complexity index is 1090. The number of carbonyl (C=O) groups excluding carboxylic acids is 2. The van der Waals surface area contributed by atoms with E-state index in [2.05, 4.69) is 27.0 Å². The van der Waals surface area contributed by atoms with Crippen LogP contribution in [0, 0.1) is 0 Å². The van der Waals surface area contributed by atoms with Crippen molar-refractivity contribution in [2.24, 2.45) is 0 Å². The molecular weight excluding hydrogens is 440 g/mol. The van der Waals surface area contributed by atoms with Gasteiger partial charge in [-0.2, -0.15) is 0 Å². The molecule has 1 saturated carbocycles. The number of pyridine rings is 1. The van der Waals surface area contributed by atoms with Crippen molar-refractivity contribution < 1.29 is 9.59 Å². The summed E-state index contributed by atoms with van der Waals surface area (Å²) in [5.41, 5.74) is 3.41. The van der Waals surface area contributed by atoms with Gasteiger partial charge in [0.2, 0.25) is 5.91 Å². The van der Waals surface area contributed by atoms with Crippen molar-refractivity contribution in [3.05, 3.63) is 42.1 Å². The second kappa shape index (κ2) is 9.85. The van der Waals surface area contributed by atoms with E-state index in [1.54, 1.807) is 11.1 Å². The van der Waals surface area contributed by atoms with Gasteiger partial charge < -0.3 is 24.9 Å². The highest BCUT2D eigenvalue weighted by Gasteiger charge is 2.38. The van der Waals surface area contributed by atoms with Crippen LogP contribution in [0.25, 0.3) is 0 Å². The van der Waals surface area contributed by atoms with E-state index in [0.29, 0.717) is 17.4 Å². The van der Waals surface area contributed by atoms with E-state index in [-0.39, 0.29) is 17.9 Å². The van der Waals surface area contributed by atoms with E-state index in [1.165, 1.54) is 12.8 Å². The van der Waals surface area contributed by atoms with Crippen molar-refractivity contribution in [2.75, 3.05) is 54.9 Å². The van der Waals surface area contributed by atoms with E-state index in [9.17, 15) is 9.59 Å². The molecule has 1 unspecified atom stereocenters. The molecule has 8 heteroatoms. The van der Waals surface area contributed by atoms with Gasteiger partial charge in [-0.25, -0.2) is 4.98 Å². The van der Waals surface area contributed by atoms with Crippen molar-refractivity contribution in [1.82, 2.24) is 14.8 Å². The fourth-order valence-corrected chi connectivity index (χ4v) is 5.72. The molecule has 1 aromatic carbocycles. The summed E-state index contributed by atoms with van der Waals surface area (Å²) < 4.78 is 0. The standard InChI is InChI=1S/C27H36N6O2/c1-4-31-12-14-32(15-13-31)27(35)20-8-7-9-21(16-20)29-25-17-23-24(18-28-25)30(3)26(34)19(2)33(23)22-10-5-6-11-22/h7-9,16-19,22H,4-6,10-15H2,1-3H3,(H,28,29). The fourth-order valence-electron chi connectivity index (χ4n) is 5.72. The Hall–Kier alpha value is -3.13. The summed E-state index contributed by atoms with van der Waals surface area (Å²) in [6.07, 6.45) is 6.42. The van der Waals surface area contributed by atoms with Gasteiger partial charge in [0.05, 0.1) is 17.6 Å². The van der Waals surface area contributed by atoms with Crippen LogP contribution < -0.4 is 15.1 Å². The zero-order chi connectivity index (χ0) is 24.5. The predicted octanol–water partition coefficient (Wildman–Crippen LogP) is 3.72. The number of likely N-dealkylation sites (N-methyl/N-ethyl adjacent to an activating group) is 2. The van der Waals surface area contributed by atoms with Gasteiger partial charge in [-0.1, -0.05) is 25.8 Å². The lowest BCUT2D eigenvalue weighted by molar-refractivity contribution is -0.119. The third-order valence-corrected chi connectivity index (χ3v) is 7.81. The molecule has 2 aliphatic heterocycles. The van der Waals surface area contributed by atoms with Crippen LogP contribution in [0.5, 0.6) is 0 Å². The van der Waals surface area contributed by atoms with E-state index in [1.807, 2.05) is 49.2 Å². The second-order valence-corrected chi connectivity index (χ2v) is 9.91. The molecule has 0 bridgehead atoms. The van der Waals surface area contributed by atoms with Crippen molar-refractivity contribution in [3.63, 3.8) is 0 Å². The topological polar surface area (TPSA) is 72.0 Å². The minimum atomic E-state index is -0.194. The fraction of sp³-hybridized carbons (Fsp3) is 0.519. The lowest BCUT2D eigenvalue weighted by atomic mass is 10.0. The number of piperazine rings is 1. The zero-order valence-electron chi connectivity index (χ0n) is 21.0. The summed E-state index contributed by atoms with van der Waals surface area (Å²) >= 11 is 0. The molecule has 2 amide bonds. The predicted molar refractivity (Wildman–Crippen MR) is 140 cm³/mol. The minimum absolute atomic E-state index is 0.0733. The van der Waals surface area contributed by atoms with Gasteiger partial charge in [0.15, 0.2) is 0 Å². The molecule has 186 valence electrons. The molecule has 1 N–H and O–H groups in total. The van der Waals surface area contributed by atoms with Gasteiger partial charge in [0.1, 0.15) is 11.9 Å². The van der Waals surface area contributed by atoms with Gasteiger partial charge in [-0.15, -0.1) is 0 Å². The molecule has 0 spiro atoms. The lowest BCUT2D eigenvalue weighted by Gasteiger charge is -2.43. The van der Waals surface area contributed by atoms with Crippen molar-refractivity contribution in [1.29, 1.82) is 0 Å². The first-order valence-electron chi connectivity index (χ1n) is 12.9. The Morgan fingerprint density at radius 1 is 1.09 bits per heavy atom. The van der Waals surface area contributed by atoms with Crippen molar-refractivity contribution >= 4 is 34.7 Å². The summed E-state index contributed by atoms with van der Waals surface area (Å²) in [5, 5.41) is 3.40. The van der Waals surface area contributed by atoms with Gasteiger partial charge in [0.25, 0.3) is 5.91 Å². The Morgan fingerprint density at radius 2 is 1.83 bits per heavy atom. The molecule has 5 rings (SSSR count). The second-order valence-electron chi connectivity index (χ2n) is 9.91. The summed E-state index contributed by atoms with van der Waals surface area (Å²) in [4.78, 5) is 38.9. The van der Waals surface area contributed by atoms with E-state index < -0.39 is 0 Å². The van der Waals surface area contributed by atoms with Crippen LogP contribution in [-0.2, 0) is 4.79 Å². The molecule has 3 aliphatic rings. The molecule has 1 atom stereocenters. The third kappa shape index (κ3) is 4.59. The molecule has 8 nitrogen and oxygen atoms in total. The highest BCUT2D eigenvalue weighted by atomic mass is 16.2. The number of benzene rings is 1. The van der Waals surface area contributed by atoms with Crippen LogP contribution in [0.1, 0.15) is 49.9 Å². The highest BCUT2D eigenvalue weighted by Crippen LogP contribution is 2.41. The van der Waals surface area contributed by atoms with Gasteiger partial charge in [-0.05, 0) is 44.5 Å². The summed E-state index contributed by atoms with van der Waals surface area (Å²) in [7, 11) is 1.83. The molecule has 1 aromatic heterocycles. The van der Waals surface area contributed by atoms with Crippen LogP contribution in [0.2, 0.25) is 0 Å². The monoisotopic (exact) mass is 476 g/mol. The third-order valence-electron chi connectivity index (χ3n) is 7.81. The maximum absolute atomic E-state index is 13.1. The Kier molecular flexibility index (Phi) is 6.65. The molecule has 35 heavy (non-hydrogen) atoms. The van der Waals surface area contributed by atoms with E-state index >= 15 is 0 Å². The Labute approximate surface area is 207 Å². The number of anilines is 4. The van der Waals surface area contributed by atoms with Gasteiger partial charge in [0, 0.05) is 56.6 Å². The lowest BCUT2D eigenvalue weighted by Crippen LogP contribution is -2.54. The highest BCUT2D eigenvalue weighted by molar-refractivity contribution is 6.05. The van der Waals surface area contributed by atoms with Crippen LogP contribution in [0.4, 0.5) is 22.9 Å². The smallest absolute Gasteiger partial charge is 0.254 e. The van der Waals surface area contributed by atoms with E-state index in [0.717, 1.165) is 62.6 Å². The number of carbonyl (C=O) groups is 2. The molecule has 1 saturated heterocycles. The first-order chi connectivity index (χ1) is 17.0. The Morgan fingerprint density at radius 3 is 2.54 bits per heavy atom. The molecule has 1 aliphatic carbocycles. The Balaban J connectivity index is 1.37. The number of hydrogen-bond donors (Lipinski definition) is 1. The summed E-state index contributed by atoms with van der Waals surface area (Å²) in [6, 6.07) is 9.89. The summed E-state index contributed by atoms with van der Waals surface area (Å²) in [5.74, 6) is 0.893. The number of rotatable bonds is 5. The van der Waals surface area contributed by atoms with Crippen molar-refractivity contribution in [3.8, 4) is 0 Å². The zero-order valence-corrected chi connectivity index (χ0v) is 21.0. The molecular formula is C27H36N6O2.